The normalized spacial score (nSPS) is 12.2. The van der Waals surface area contributed by atoms with Crippen LogP contribution in [0.3, 0.4) is 0 Å². The molecule has 0 spiro atoms. The van der Waals surface area contributed by atoms with Crippen LogP contribution < -0.4 is 0 Å². The monoisotopic (exact) mass is 374 g/mol. The lowest BCUT2D eigenvalue weighted by atomic mass is 9.95. The molecule has 3 rings (SSSR count). The van der Waals surface area contributed by atoms with Gasteiger partial charge in [-0.05, 0) is 59.0 Å². The average Bonchev–Trinajstić information content (AvgIpc) is 2.59. The number of halogens is 2. The van der Waals surface area contributed by atoms with Crippen LogP contribution in [0.15, 0.2) is 54.9 Å². The second-order valence-electron chi connectivity index (χ2n) is 5.64. The van der Waals surface area contributed by atoms with Crippen molar-refractivity contribution in [3.8, 4) is 22.3 Å². The molecule has 3 nitrogen and oxygen atoms in total. The fraction of sp³-hybridized carbons (Fsp3) is 0.105. The van der Waals surface area contributed by atoms with E-state index >= 15 is 0 Å². The van der Waals surface area contributed by atoms with Crippen molar-refractivity contribution in [3.05, 3.63) is 76.8 Å². The van der Waals surface area contributed by atoms with Gasteiger partial charge in [0.2, 0.25) is 0 Å². The standard InChI is InChI=1S/C19H15ClFNO2S/c1-12-8-13(4-5-18(12)20)16-6-7-22-10-17(16)14-2-3-15(11-25(23)24)19(21)9-14/h2-10H,11H2,1H3,(H,23,24)/p-1. The highest BCUT2D eigenvalue weighted by Gasteiger charge is 2.11. The fourth-order valence-corrected chi connectivity index (χ4v) is 3.25. The van der Waals surface area contributed by atoms with Gasteiger partial charge in [0.25, 0.3) is 0 Å². The molecule has 1 atom stereocenters. The van der Waals surface area contributed by atoms with Gasteiger partial charge in [0, 0.05) is 28.7 Å². The van der Waals surface area contributed by atoms with E-state index in [1.807, 2.05) is 31.2 Å². The predicted octanol–water partition coefficient (Wildman–Crippen LogP) is 4.90. The van der Waals surface area contributed by atoms with Crippen molar-refractivity contribution in [1.82, 2.24) is 4.98 Å². The summed E-state index contributed by atoms with van der Waals surface area (Å²) in [6.45, 7) is 1.92. The molecule has 0 aliphatic carbocycles. The van der Waals surface area contributed by atoms with Crippen molar-refractivity contribution in [2.75, 3.05) is 0 Å². The van der Waals surface area contributed by atoms with E-state index in [2.05, 4.69) is 4.98 Å². The number of pyridine rings is 1. The molecule has 0 amide bonds. The summed E-state index contributed by atoms with van der Waals surface area (Å²) in [5, 5.41) is 0.681. The molecule has 128 valence electrons. The van der Waals surface area contributed by atoms with Crippen LogP contribution in [0.5, 0.6) is 0 Å². The highest BCUT2D eigenvalue weighted by Crippen LogP contribution is 2.33. The maximum Gasteiger partial charge on any atom is 0.127 e. The number of benzene rings is 2. The minimum atomic E-state index is -2.33. The summed E-state index contributed by atoms with van der Waals surface area (Å²) in [6.07, 6.45) is 3.34. The van der Waals surface area contributed by atoms with Crippen LogP contribution in [0, 0.1) is 12.7 Å². The lowest BCUT2D eigenvalue weighted by Crippen LogP contribution is -1.97. The topological polar surface area (TPSA) is 53.0 Å². The Morgan fingerprint density at radius 1 is 1.12 bits per heavy atom. The number of nitrogens with zero attached hydrogens (tertiary/aromatic N) is 1. The Hall–Kier alpha value is -2.08. The molecule has 0 radical (unpaired) electrons. The van der Waals surface area contributed by atoms with E-state index in [1.165, 1.54) is 12.1 Å². The van der Waals surface area contributed by atoms with E-state index < -0.39 is 16.9 Å². The van der Waals surface area contributed by atoms with E-state index in [-0.39, 0.29) is 11.3 Å². The Balaban J connectivity index is 2.08. The van der Waals surface area contributed by atoms with Gasteiger partial charge < -0.3 is 4.55 Å². The maximum absolute atomic E-state index is 14.2. The minimum absolute atomic E-state index is 0.143. The third-order valence-corrected chi connectivity index (χ3v) is 4.90. The van der Waals surface area contributed by atoms with Gasteiger partial charge in [-0.1, -0.05) is 40.9 Å². The van der Waals surface area contributed by atoms with E-state index in [4.69, 9.17) is 11.6 Å². The van der Waals surface area contributed by atoms with Gasteiger partial charge in [0.15, 0.2) is 0 Å². The van der Waals surface area contributed by atoms with Crippen LogP contribution >= 0.6 is 11.6 Å². The number of rotatable bonds is 4. The van der Waals surface area contributed by atoms with Crippen LogP contribution in [0.2, 0.25) is 5.02 Å². The lowest BCUT2D eigenvalue weighted by Gasteiger charge is -2.12. The quantitative estimate of drug-likeness (QED) is 0.610. The molecule has 0 N–H and O–H groups in total. The van der Waals surface area contributed by atoms with Crippen molar-refractivity contribution in [3.63, 3.8) is 0 Å². The third-order valence-electron chi connectivity index (χ3n) is 3.93. The first-order valence-electron chi connectivity index (χ1n) is 7.51. The molecule has 1 aromatic heterocycles. The van der Waals surface area contributed by atoms with Gasteiger partial charge in [-0.2, -0.15) is 0 Å². The van der Waals surface area contributed by atoms with Gasteiger partial charge in [-0.25, -0.2) is 4.39 Å². The molecule has 3 aromatic rings. The first-order chi connectivity index (χ1) is 12.0. The second-order valence-corrected chi connectivity index (χ2v) is 6.94. The predicted molar refractivity (Wildman–Crippen MR) is 97.4 cm³/mol. The van der Waals surface area contributed by atoms with Crippen molar-refractivity contribution >= 4 is 22.7 Å². The second kappa shape index (κ2) is 7.44. The summed E-state index contributed by atoms with van der Waals surface area (Å²) in [5.41, 5.74) is 4.33. The molecule has 0 fully saturated rings. The van der Waals surface area contributed by atoms with Gasteiger partial charge >= 0.3 is 0 Å². The molecular formula is C19H14ClFNO2S-. The molecular weight excluding hydrogens is 361 g/mol. The third kappa shape index (κ3) is 3.95. The number of aryl methyl sites for hydroxylation is 1. The van der Waals surface area contributed by atoms with Gasteiger partial charge in [-0.15, -0.1) is 0 Å². The van der Waals surface area contributed by atoms with Crippen molar-refractivity contribution in [2.24, 2.45) is 0 Å². The summed E-state index contributed by atoms with van der Waals surface area (Å²) in [7, 11) is 0. The Kier molecular flexibility index (Phi) is 5.27. The molecule has 1 unspecified atom stereocenters. The Bertz CT molecular complexity index is 962. The average molecular weight is 375 g/mol. The van der Waals surface area contributed by atoms with Crippen LogP contribution in [0.1, 0.15) is 11.1 Å². The smallest absolute Gasteiger partial charge is 0.127 e. The van der Waals surface area contributed by atoms with E-state index in [0.717, 1.165) is 22.3 Å². The largest absolute Gasteiger partial charge is 0.772 e. The molecule has 0 bridgehead atoms. The first kappa shape index (κ1) is 17.7. The maximum atomic E-state index is 14.2. The summed E-state index contributed by atoms with van der Waals surface area (Å²) in [6, 6.07) is 12.1. The Labute approximate surface area is 152 Å². The number of hydrogen-bond donors (Lipinski definition) is 0. The van der Waals surface area contributed by atoms with Crippen LogP contribution in [-0.4, -0.2) is 13.7 Å². The molecule has 6 heteroatoms. The van der Waals surface area contributed by atoms with Gasteiger partial charge in [0.05, 0.1) is 0 Å². The Morgan fingerprint density at radius 3 is 2.52 bits per heavy atom. The summed E-state index contributed by atoms with van der Waals surface area (Å²) in [5.74, 6) is -0.897. The minimum Gasteiger partial charge on any atom is -0.772 e. The molecule has 25 heavy (non-hydrogen) atoms. The van der Waals surface area contributed by atoms with Crippen LogP contribution in [-0.2, 0) is 16.8 Å². The van der Waals surface area contributed by atoms with Crippen LogP contribution in [0.25, 0.3) is 22.3 Å². The van der Waals surface area contributed by atoms with Gasteiger partial charge in [-0.3, -0.25) is 9.19 Å². The van der Waals surface area contributed by atoms with Crippen molar-refractivity contribution < 1.29 is 13.2 Å². The van der Waals surface area contributed by atoms with E-state index in [1.54, 1.807) is 18.5 Å². The number of hydrogen-bond acceptors (Lipinski definition) is 3. The zero-order chi connectivity index (χ0) is 18.0. The molecule has 0 aliphatic rings. The Morgan fingerprint density at radius 2 is 1.84 bits per heavy atom. The molecule has 2 aromatic carbocycles. The lowest BCUT2D eigenvalue weighted by molar-refractivity contribution is 0.533. The SMILES string of the molecule is Cc1cc(-c2ccncc2-c2ccc(CS(=O)[O-])c(F)c2)ccc1Cl. The van der Waals surface area contributed by atoms with Gasteiger partial charge in [0.1, 0.15) is 5.82 Å². The summed E-state index contributed by atoms with van der Waals surface area (Å²) < 4.78 is 35.8. The summed E-state index contributed by atoms with van der Waals surface area (Å²) in [4.78, 5) is 4.14. The number of aromatic nitrogens is 1. The van der Waals surface area contributed by atoms with Crippen LogP contribution in [0.4, 0.5) is 4.39 Å². The van der Waals surface area contributed by atoms with E-state index in [9.17, 15) is 13.2 Å². The first-order valence-corrected chi connectivity index (χ1v) is 9.13. The highest BCUT2D eigenvalue weighted by molar-refractivity contribution is 7.78. The zero-order valence-electron chi connectivity index (χ0n) is 13.3. The van der Waals surface area contributed by atoms with Crippen molar-refractivity contribution in [2.45, 2.75) is 12.7 Å². The molecule has 0 aliphatic heterocycles. The molecule has 1 heterocycles. The fourth-order valence-electron chi connectivity index (χ4n) is 2.65. The molecule has 0 saturated carbocycles. The zero-order valence-corrected chi connectivity index (χ0v) is 14.9. The highest BCUT2D eigenvalue weighted by atomic mass is 35.5. The summed E-state index contributed by atoms with van der Waals surface area (Å²) >= 11 is 3.76. The molecule has 0 saturated heterocycles. The van der Waals surface area contributed by atoms with E-state index in [0.29, 0.717) is 10.6 Å². The van der Waals surface area contributed by atoms with Crippen molar-refractivity contribution in [1.29, 1.82) is 0 Å².